The maximum Gasteiger partial charge on any atom is 0.284 e. The van der Waals surface area contributed by atoms with Crippen molar-refractivity contribution in [1.29, 1.82) is 0 Å². The van der Waals surface area contributed by atoms with Gasteiger partial charge in [-0.15, -0.1) is 0 Å². The van der Waals surface area contributed by atoms with E-state index >= 15 is 0 Å². The highest BCUT2D eigenvalue weighted by atomic mass is 32.2. The Labute approximate surface area is 167 Å². The first-order valence-corrected chi connectivity index (χ1v) is 10.2. The lowest BCUT2D eigenvalue weighted by molar-refractivity contribution is -0.387. The first kappa shape index (κ1) is 20.3. The van der Waals surface area contributed by atoms with Crippen LogP contribution in [0.4, 0.5) is 10.1 Å². The zero-order valence-corrected chi connectivity index (χ0v) is 16.7. The molecule has 0 radical (unpaired) electrons. The molecule has 1 fully saturated rings. The lowest BCUT2D eigenvalue weighted by Crippen LogP contribution is -2.43. The van der Waals surface area contributed by atoms with Crippen LogP contribution in [0.25, 0.3) is 0 Å². The summed E-state index contributed by atoms with van der Waals surface area (Å²) >= 11 is 1.17. The number of nitrogens with one attached hydrogen (secondary N) is 1. The molecule has 0 aromatic heterocycles. The van der Waals surface area contributed by atoms with Gasteiger partial charge in [0.25, 0.3) is 11.6 Å². The Morgan fingerprint density at radius 2 is 1.89 bits per heavy atom. The molecule has 0 saturated heterocycles. The normalized spacial score (nSPS) is 21.9. The quantitative estimate of drug-likeness (QED) is 0.534. The molecule has 0 spiro atoms. The van der Waals surface area contributed by atoms with Crippen LogP contribution in [0, 0.1) is 27.8 Å². The van der Waals surface area contributed by atoms with Crippen LogP contribution >= 0.6 is 11.8 Å². The summed E-state index contributed by atoms with van der Waals surface area (Å²) in [5.74, 6) is 0.272. The Morgan fingerprint density at radius 1 is 1.18 bits per heavy atom. The number of benzene rings is 2. The predicted molar refractivity (Wildman–Crippen MR) is 107 cm³/mol. The van der Waals surface area contributed by atoms with E-state index in [1.807, 2.05) is 0 Å². The second kappa shape index (κ2) is 8.73. The molecule has 0 aliphatic heterocycles. The molecule has 1 aliphatic rings. The molecule has 1 aliphatic carbocycles. The van der Waals surface area contributed by atoms with Crippen LogP contribution in [0.15, 0.2) is 52.3 Å². The summed E-state index contributed by atoms with van der Waals surface area (Å²) in [7, 11) is 0. The number of nitro benzene ring substituents is 1. The standard InChI is InChI=1S/C21H23FN2O3S/c1-13-4-3-5-18(14(13)2)23-21(25)15-6-11-20(19(12-15)24(26)27)28-17-9-7-16(22)8-10-17/h6-14,18H,3-5H2,1-2H3,(H,23,25)/t13-,14+,18+/m1/s1. The third-order valence-electron chi connectivity index (χ3n) is 5.48. The van der Waals surface area contributed by atoms with E-state index in [0.29, 0.717) is 21.6 Å². The number of rotatable bonds is 5. The number of halogens is 1. The van der Waals surface area contributed by atoms with E-state index in [1.165, 1.54) is 30.0 Å². The van der Waals surface area contributed by atoms with E-state index in [1.54, 1.807) is 24.3 Å². The second-order valence-electron chi connectivity index (χ2n) is 7.34. The van der Waals surface area contributed by atoms with Gasteiger partial charge in [0.15, 0.2) is 0 Å². The van der Waals surface area contributed by atoms with Crippen LogP contribution < -0.4 is 5.32 Å². The molecule has 0 heterocycles. The number of carbonyl (C=O) groups is 1. The number of hydrogen-bond donors (Lipinski definition) is 1. The van der Waals surface area contributed by atoms with Gasteiger partial charge in [-0.3, -0.25) is 14.9 Å². The summed E-state index contributed by atoms with van der Waals surface area (Å²) < 4.78 is 13.1. The second-order valence-corrected chi connectivity index (χ2v) is 8.46. The van der Waals surface area contributed by atoms with Crippen molar-refractivity contribution in [3.63, 3.8) is 0 Å². The van der Waals surface area contributed by atoms with Crippen molar-refractivity contribution in [3.8, 4) is 0 Å². The fourth-order valence-electron chi connectivity index (χ4n) is 3.55. The van der Waals surface area contributed by atoms with E-state index in [-0.39, 0.29) is 29.0 Å². The van der Waals surface area contributed by atoms with Crippen molar-refractivity contribution < 1.29 is 14.1 Å². The van der Waals surface area contributed by atoms with Gasteiger partial charge in [0, 0.05) is 22.6 Å². The topological polar surface area (TPSA) is 72.2 Å². The monoisotopic (exact) mass is 402 g/mol. The molecule has 7 heteroatoms. The first-order chi connectivity index (χ1) is 13.3. The van der Waals surface area contributed by atoms with Gasteiger partial charge < -0.3 is 5.32 Å². The third kappa shape index (κ3) is 4.70. The van der Waals surface area contributed by atoms with Crippen molar-refractivity contribution in [3.05, 3.63) is 64.0 Å². The van der Waals surface area contributed by atoms with Gasteiger partial charge in [0.05, 0.1) is 9.82 Å². The molecule has 3 rings (SSSR count). The van der Waals surface area contributed by atoms with Crippen LogP contribution in [0.5, 0.6) is 0 Å². The highest BCUT2D eigenvalue weighted by Crippen LogP contribution is 2.36. The van der Waals surface area contributed by atoms with E-state index in [0.717, 1.165) is 19.3 Å². The number of nitro groups is 1. The zero-order valence-electron chi connectivity index (χ0n) is 15.9. The SMILES string of the molecule is C[C@H]1[C@H](C)CCC[C@@H]1NC(=O)c1ccc(Sc2ccc(F)cc2)c([N+](=O)[O-])c1. The van der Waals surface area contributed by atoms with E-state index in [4.69, 9.17) is 0 Å². The van der Waals surface area contributed by atoms with Gasteiger partial charge in [0.1, 0.15) is 5.82 Å². The largest absolute Gasteiger partial charge is 0.349 e. The summed E-state index contributed by atoms with van der Waals surface area (Å²) in [6.07, 6.45) is 3.16. The maximum absolute atomic E-state index is 13.1. The summed E-state index contributed by atoms with van der Waals surface area (Å²) in [5, 5.41) is 14.6. The molecule has 1 amide bonds. The Morgan fingerprint density at radius 3 is 2.57 bits per heavy atom. The molecule has 2 aromatic rings. The highest BCUT2D eigenvalue weighted by molar-refractivity contribution is 7.99. The lowest BCUT2D eigenvalue weighted by Gasteiger charge is -2.34. The van der Waals surface area contributed by atoms with E-state index in [9.17, 15) is 19.3 Å². The molecule has 3 atom stereocenters. The van der Waals surface area contributed by atoms with Crippen LogP contribution in [-0.2, 0) is 0 Å². The first-order valence-electron chi connectivity index (χ1n) is 9.38. The van der Waals surface area contributed by atoms with Gasteiger partial charge >= 0.3 is 0 Å². The Balaban J connectivity index is 1.79. The minimum Gasteiger partial charge on any atom is -0.349 e. The van der Waals surface area contributed by atoms with Crippen molar-refractivity contribution in [1.82, 2.24) is 5.32 Å². The van der Waals surface area contributed by atoms with Gasteiger partial charge in [-0.05, 0) is 54.7 Å². The average molecular weight is 402 g/mol. The number of amides is 1. The summed E-state index contributed by atoms with van der Waals surface area (Å²) in [4.78, 5) is 24.8. The summed E-state index contributed by atoms with van der Waals surface area (Å²) in [6, 6.07) is 10.3. The average Bonchev–Trinajstić information content (AvgIpc) is 2.67. The minimum atomic E-state index is -0.492. The van der Waals surface area contributed by atoms with Crippen molar-refractivity contribution in [2.24, 2.45) is 11.8 Å². The molecule has 2 aromatic carbocycles. The fraction of sp³-hybridized carbons (Fsp3) is 0.381. The summed E-state index contributed by atoms with van der Waals surface area (Å²) in [5.41, 5.74) is 0.146. The fourth-order valence-corrected chi connectivity index (χ4v) is 4.45. The molecule has 0 bridgehead atoms. The molecule has 1 saturated carbocycles. The molecular formula is C21H23FN2O3S. The molecule has 0 unspecified atom stereocenters. The lowest BCUT2D eigenvalue weighted by atomic mass is 9.78. The Hall–Kier alpha value is -2.41. The van der Waals surface area contributed by atoms with Gasteiger partial charge in [-0.25, -0.2) is 4.39 Å². The Bertz CT molecular complexity index is 872. The molecular weight excluding hydrogens is 379 g/mol. The van der Waals surface area contributed by atoms with E-state index < -0.39 is 4.92 Å². The number of hydrogen-bond acceptors (Lipinski definition) is 4. The minimum absolute atomic E-state index is 0.0866. The molecule has 1 N–H and O–H groups in total. The van der Waals surface area contributed by atoms with Gasteiger partial charge in [-0.2, -0.15) is 0 Å². The zero-order chi connectivity index (χ0) is 20.3. The smallest absolute Gasteiger partial charge is 0.284 e. The van der Waals surface area contributed by atoms with Crippen molar-refractivity contribution >= 4 is 23.4 Å². The van der Waals surface area contributed by atoms with E-state index in [2.05, 4.69) is 19.2 Å². The number of nitrogens with zero attached hydrogens (tertiary/aromatic N) is 1. The van der Waals surface area contributed by atoms with Crippen molar-refractivity contribution in [2.45, 2.75) is 48.9 Å². The van der Waals surface area contributed by atoms with Crippen LogP contribution in [0.3, 0.4) is 0 Å². The van der Waals surface area contributed by atoms with Crippen LogP contribution in [0.1, 0.15) is 43.5 Å². The van der Waals surface area contributed by atoms with Gasteiger partial charge in [0.2, 0.25) is 0 Å². The number of carbonyl (C=O) groups excluding carboxylic acids is 1. The molecule has 148 valence electrons. The van der Waals surface area contributed by atoms with Crippen molar-refractivity contribution in [2.75, 3.05) is 0 Å². The summed E-state index contributed by atoms with van der Waals surface area (Å²) in [6.45, 7) is 4.33. The molecule has 28 heavy (non-hydrogen) atoms. The molecule has 5 nitrogen and oxygen atoms in total. The highest BCUT2D eigenvalue weighted by Gasteiger charge is 2.29. The maximum atomic E-state index is 13.1. The van der Waals surface area contributed by atoms with Gasteiger partial charge in [-0.1, -0.05) is 38.5 Å². The third-order valence-corrected chi connectivity index (χ3v) is 6.56. The predicted octanol–water partition coefficient (Wildman–Crippen LogP) is 5.44. The van der Waals surface area contributed by atoms with Crippen LogP contribution in [0.2, 0.25) is 0 Å². The van der Waals surface area contributed by atoms with Crippen LogP contribution in [-0.4, -0.2) is 16.9 Å². The Kier molecular flexibility index (Phi) is 6.34.